The molecule has 0 N–H and O–H groups in total. The average molecular weight is 245 g/mol. The summed E-state index contributed by atoms with van der Waals surface area (Å²) < 4.78 is 5.13. The zero-order valence-corrected chi connectivity index (χ0v) is 12.3. The molecule has 0 unspecified atom stereocenters. The van der Waals surface area contributed by atoms with Crippen molar-refractivity contribution in [1.82, 2.24) is 4.90 Å². The Morgan fingerprint density at radius 2 is 1.65 bits per heavy atom. The number of rotatable bonds is 4. The lowest BCUT2D eigenvalue weighted by atomic mass is 10.2. The molecule has 0 saturated heterocycles. The van der Waals surface area contributed by atoms with Crippen molar-refractivity contribution in [3.63, 3.8) is 0 Å². The second-order valence-corrected chi connectivity index (χ2v) is 4.53. The highest BCUT2D eigenvalue weighted by atomic mass is 16.6. The van der Waals surface area contributed by atoms with Crippen LogP contribution in [0.5, 0.6) is 0 Å². The van der Waals surface area contributed by atoms with Gasteiger partial charge in [-0.15, -0.1) is 0 Å². The minimum absolute atomic E-state index is 0.0421. The summed E-state index contributed by atoms with van der Waals surface area (Å²) in [5, 5.41) is 0. The van der Waals surface area contributed by atoms with Gasteiger partial charge in [0.15, 0.2) is 0 Å². The Kier molecular flexibility index (Phi) is 9.72. The number of amides is 1. The normalized spacial score (nSPS) is 10.1. The Bertz CT molecular complexity index is 231. The van der Waals surface area contributed by atoms with E-state index in [-0.39, 0.29) is 18.4 Å². The molecule has 0 spiro atoms. The fourth-order valence-corrected chi connectivity index (χ4v) is 1.15. The maximum atomic E-state index is 11.4. The highest BCUT2D eigenvalue weighted by molar-refractivity contribution is 5.80. The molecule has 0 atom stereocenters. The highest BCUT2D eigenvalue weighted by Gasteiger charge is 2.19. The Morgan fingerprint density at radius 3 is 1.94 bits per heavy atom. The molecule has 0 radical (unpaired) electrons. The van der Waals surface area contributed by atoms with Crippen molar-refractivity contribution in [1.29, 1.82) is 0 Å². The predicted molar refractivity (Wildman–Crippen MR) is 69.7 cm³/mol. The van der Waals surface area contributed by atoms with Gasteiger partial charge in [0.1, 0.15) is 12.1 Å². The summed E-state index contributed by atoms with van der Waals surface area (Å²) in [7, 11) is 0. The Labute approximate surface area is 105 Å². The van der Waals surface area contributed by atoms with Crippen molar-refractivity contribution >= 4 is 11.9 Å². The topological polar surface area (TPSA) is 46.6 Å². The summed E-state index contributed by atoms with van der Waals surface area (Å²) in [6, 6.07) is 0. The van der Waals surface area contributed by atoms with Gasteiger partial charge in [0, 0.05) is 13.5 Å². The standard InChI is InChI=1S/C11H21NO3.C2H6/c1-6-7-12(9(2)13)8-10(14)15-11(3,4)5;1-2/h6-8H2,1-5H3;1-2H3. The zero-order valence-electron chi connectivity index (χ0n) is 12.3. The summed E-state index contributed by atoms with van der Waals surface area (Å²) in [4.78, 5) is 24.1. The summed E-state index contributed by atoms with van der Waals surface area (Å²) in [5.74, 6) is -0.450. The van der Waals surface area contributed by atoms with Crippen molar-refractivity contribution in [2.75, 3.05) is 13.1 Å². The molecule has 4 heteroatoms. The van der Waals surface area contributed by atoms with E-state index in [1.807, 2.05) is 41.5 Å². The lowest BCUT2D eigenvalue weighted by molar-refractivity contribution is -0.158. The van der Waals surface area contributed by atoms with Gasteiger partial charge in [0.25, 0.3) is 0 Å². The van der Waals surface area contributed by atoms with Crippen LogP contribution in [0, 0.1) is 0 Å². The smallest absolute Gasteiger partial charge is 0.326 e. The van der Waals surface area contributed by atoms with Crippen LogP contribution in [0.1, 0.15) is 54.9 Å². The van der Waals surface area contributed by atoms with Gasteiger partial charge in [-0.05, 0) is 27.2 Å². The molecule has 0 aromatic carbocycles. The monoisotopic (exact) mass is 245 g/mol. The van der Waals surface area contributed by atoms with Crippen LogP contribution in [0.4, 0.5) is 0 Å². The first-order chi connectivity index (χ1) is 7.76. The molecule has 0 aliphatic carbocycles. The van der Waals surface area contributed by atoms with Crippen LogP contribution in [0.25, 0.3) is 0 Å². The Balaban J connectivity index is 0. The molecule has 0 heterocycles. The van der Waals surface area contributed by atoms with Gasteiger partial charge in [-0.25, -0.2) is 0 Å². The van der Waals surface area contributed by atoms with E-state index in [9.17, 15) is 9.59 Å². The summed E-state index contributed by atoms with van der Waals surface area (Å²) >= 11 is 0. The number of ether oxygens (including phenoxy) is 1. The second-order valence-electron chi connectivity index (χ2n) is 4.53. The molecular weight excluding hydrogens is 218 g/mol. The number of nitrogens with zero attached hydrogens (tertiary/aromatic N) is 1. The van der Waals surface area contributed by atoms with E-state index >= 15 is 0 Å². The molecule has 102 valence electrons. The van der Waals surface area contributed by atoms with Crippen LogP contribution in [0.3, 0.4) is 0 Å². The van der Waals surface area contributed by atoms with Crippen LogP contribution in [-0.2, 0) is 14.3 Å². The van der Waals surface area contributed by atoms with E-state index < -0.39 is 5.60 Å². The summed E-state index contributed by atoms with van der Waals surface area (Å²) in [6.07, 6.45) is 0.836. The summed E-state index contributed by atoms with van der Waals surface area (Å²) in [5.41, 5.74) is -0.494. The summed E-state index contributed by atoms with van der Waals surface area (Å²) in [6.45, 7) is 13.5. The maximum Gasteiger partial charge on any atom is 0.326 e. The van der Waals surface area contributed by atoms with E-state index in [2.05, 4.69) is 0 Å². The maximum absolute atomic E-state index is 11.4. The minimum atomic E-state index is -0.494. The fraction of sp³-hybridized carbons (Fsp3) is 0.846. The van der Waals surface area contributed by atoms with Gasteiger partial charge in [-0.3, -0.25) is 9.59 Å². The first-order valence-electron chi connectivity index (χ1n) is 6.23. The van der Waals surface area contributed by atoms with Gasteiger partial charge in [-0.1, -0.05) is 20.8 Å². The molecule has 1 amide bonds. The third-order valence-electron chi connectivity index (χ3n) is 1.68. The number of carbonyl (C=O) groups excluding carboxylic acids is 2. The van der Waals surface area contributed by atoms with Crippen LogP contribution in [0.2, 0.25) is 0 Å². The second kappa shape index (κ2) is 9.02. The van der Waals surface area contributed by atoms with Gasteiger partial charge in [0.2, 0.25) is 5.91 Å². The van der Waals surface area contributed by atoms with E-state index in [4.69, 9.17) is 4.74 Å². The molecule has 0 aliphatic rings. The first kappa shape index (κ1) is 18.3. The number of hydrogen-bond donors (Lipinski definition) is 0. The third kappa shape index (κ3) is 11.2. The Hall–Kier alpha value is -1.06. The molecule has 0 saturated carbocycles. The Morgan fingerprint density at radius 1 is 1.18 bits per heavy atom. The average Bonchev–Trinajstić information content (AvgIpc) is 2.17. The molecule has 0 aromatic rings. The SMILES string of the molecule is CC.CCCN(CC(=O)OC(C)(C)C)C(C)=O. The van der Waals surface area contributed by atoms with E-state index in [0.29, 0.717) is 6.54 Å². The van der Waals surface area contributed by atoms with E-state index in [0.717, 1.165) is 6.42 Å². The van der Waals surface area contributed by atoms with Gasteiger partial charge in [0.05, 0.1) is 0 Å². The van der Waals surface area contributed by atoms with Crippen LogP contribution in [0.15, 0.2) is 0 Å². The van der Waals surface area contributed by atoms with Crippen molar-refractivity contribution in [2.24, 2.45) is 0 Å². The first-order valence-corrected chi connectivity index (χ1v) is 6.23. The molecule has 0 rings (SSSR count). The van der Waals surface area contributed by atoms with Crippen LogP contribution in [-0.4, -0.2) is 35.5 Å². The largest absolute Gasteiger partial charge is 0.459 e. The van der Waals surface area contributed by atoms with Crippen molar-refractivity contribution in [3.05, 3.63) is 0 Å². The predicted octanol–water partition coefficient (Wildman–Crippen LogP) is 2.61. The van der Waals surface area contributed by atoms with Crippen molar-refractivity contribution in [3.8, 4) is 0 Å². The molecular formula is C13H27NO3. The van der Waals surface area contributed by atoms with E-state index in [1.54, 1.807) is 0 Å². The molecule has 0 aliphatic heterocycles. The van der Waals surface area contributed by atoms with E-state index in [1.165, 1.54) is 11.8 Å². The van der Waals surface area contributed by atoms with Gasteiger partial charge in [-0.2, -0.15) is 0 Å². The molecule has 17 heavy (non-hydrogen) atoms. The fourth-order valence-electron chi connectivity index (χ4n) is 1.15. The van der Waals surface area contributed by atoms with Crippen molar-refractivity contribution in [2.45, 2.75) is 60.5 Å². The van der Waals surface area contributed by atoms with Gasteiger partial charge < -0.3 is 9.64 Å². The lowest BCUT2D eigenvalue weighted by Gasteiger charge is -2.23. The molecule has 4 nitrogen and oxygen atoms in total. The molecule has 0 aromatic heterocycles. The minimum Gasteiger partial charge on any atom is -0.459 e. The molecule has 0 fully saturated rings. The third-order valence-corrected chi connectivity index (χ3v) is 1.68. The number of hydrogen-bond acceptors (Lipinski definition) is 3. The number of carbonyl (C=O) groups is 2. The van der Waals surface area contributed by atoms with Crippen LogP contribution < -0.4 is 0 Å². The van der Waals surface area contributed by atoms with Gasteiger partial charge >= 0.3 is 5.97 Å². The molecule has 0 bridgehead atoms. The number of esters is 1. The van der Waals surface area contributed by atoms with Crippen molar-refractivity contribution < 1.29 is 14.3 Å². The highest BCUT2D eigenvalue weighted by Crippen LogP contribution is 2.07. The quantitative estimate of drug-likeness (QED) is 0.715. The zero-order chi connectivity index (χ0) is 14.1. The lowest BCUT2D eigenvalue weighted by Crippen LogP contribution is -2.38. The van der Waals surface area contributed by atoms with Crippen LogP contribution >= 0.6 is 0 Å².